The minimum absolute atomic E-state index is 0.676. The van der Waals surface area contributed by atoms with E-state index in [0.29, 0.717) is 6.04 Å². The first kappa shape index (κ1) is 8.33. The van der Waals surface area contributed by atoms with Crippen molar-refractivity contribution in [1.82, 2.24) is 9.55 Å². The summed E-state index contributed by atoms with van der Waals surface area (Å²) in [4.78, 5) is 4.39. The third-order valence-corrected chi connectivity index (χ3v) is 3.30. The average Bonchev–Trinajstić information content (AvgIpc) is 2.74. The summed E-state index contributed by atoms with van der Waals surface area (Å²) in [7, 11) is 0. The van der Waals surface area contributed by atoms with Crippen LogP contribution in [-0.4, -0.2) is 15.6 Å². The van der Waals surface area contributed by atoms with E-state index in [0.717, 1.165) is 12.0 Å². The van der Waals surface area contributed by atoms with Gasteiger partial charge < -0.3 is 9.88 Å². The zero-order chi connectivity index (χ0) is 9.38. The van der Waals surface area contributed by atoms with Gasteiger partial charge in [0.05, 0.1) is 0 Å². The molecular weight excluding hydrogens is 174 g/mol. The second kappa shape index (κ2) is 3.30. The van der Waals surface area contributed by atoms with Crippen molar-refractivity contribution in [3.8, 4) is 0 Å². The molecule has 3 heteroatoms. The van der Waals surface area contributed by atoms with Crippen molar-refractivity contribution in [1.29, 1.82) is 0 Å². The van der Waals surface area contributed by atoms with E-state index in [4.69, 9.17) is 0 Å². The Kier molecular flexibility index (Phi) is 1.96. The second-order valence-corrected chi connectivity index (χ2v) is 4.52. The lowest BCUT2D eigenvalue weighted by Gasteiger charge is -2.14. The van der Waals surface area contributed by atoms with Crippen LogP contribution in [0.2, 0.25) is 0 Å². The van der Waals surface area contributed by atoms with Crippen LogP contribution in [-0.2, 0) is 0 Å². The predicted octanol–water partition coefficient (Wildman–Crippen LogP) is 2.57. The van der Waals surface area contributed by atoms with Crippen molar-refractivity contribution >= 4 is 5.95 Å². The fourth-order valence-corrected chi connectivity index (χ4v) is 2.32. The minimum atomic E-state index is 0.676. The monoisotopic (exact) mass is 191 g/mol. The first-order valence-corrected chi connectivity index (χ1v) is 5.73. The molecule has 1 N–H and O–H groups in total. The van der Waals surface area contributed by atoms with Gasteiger partial charge in [-0.25, -0.2) is 4.98 Å². The number of rotatable bonds is 3. The number of anilines is 1. The van der Waals surface area contributed by atoms with Crippen LogP contribution >= 0.6 is 0 Å². The first-order chi connectivity index (χ1) is 6.93. The van der Waals surface area contributed by atoms with Crippen molar-refractivity contribution in [3.63, 3.8) is 0 Å². The summed E-state index contributed by atoms with van der Waals surface area (Å²) in [6.07, 6.45) is 12.1. The van der Waals surface area contributed by atoms with E-state index in [1.807, 2.05) is 6.20 Å². The van der Waals surface area contributed by atoms with E-state index in [2.05, 4.69) is 21.1 Å². The maximum Gasteiger partial charge on any atom is 0.203 e. The summed E-state index contributed by atoms with van der Waals surface area (Å²) in [5.41, 5.74) is 0. The summed E-state index contributed by atoms with van der Waals surface area (Å²) in [6, 6.07) is 1.41. The van der Waals surface area contributed by atoms with Gasteiger partial charge in [-0.05, 0) is 25.7 Å². The first-order valence-electron chi connectivity index (χ1n) is 5.73. The third-order valence-electron chi connectivity index (χ3n) is 3.30. The summed E-state index contributed by atoms with van der Waals surface area (Å²) < 4.78 is 2.30. The smallest absolute Gasteiger partial charge is 0.203 e. The van der Waals surface area contributed by atoms with Crippen molar-refractivity contribution < 1.29 is 0 Å². The molecule has 0 bridgehead atoms. The predicted molar refractivity (Wildman–Crippen MR) is 56.4 cm³/mol. The fourth-order valence-electron chi connectivity index (χ4n) is 2.32. The molecule has 1 heterocycles. The van der Waals surface area contributed by atoms with E-state index in [9.17, 15) is 0 Å². The van der Waals surface area contributed by atoms with Gasteiger partial charge in [-0.15, -0.1) is 0 Å². The van der Waals surface area contributed by atoms with Gasteiger partial charge in [-0.1, -0.05) is 12.8 Å². The highest BCUT2D eigenvalue weighted by Gasteiger charge is 2.26. The highest BCUT2D eigenvalue weighted by molar-refractivity contribution is 5.29. The van der Waals surface area contributed by atoms with Gasteiger partial charge in [0, 0.05) is 24.5 Å². The van der Waals surface area contributed by atoms with E-state index in [1.165, 1.54) is 38.5 Å². The largest absolute Gasteiger partial charge is 0.353 e. The molecule has 0 aromatic carbocycles. The number of nitrogens with one attached hydrogen (secondary N) is 1. The highest BCUT2D eigenvalue weighted by Crippen LogP contribution is 2.37. The zero-order valence-electron chi connectivity index (χ0n) is 8.45. The lowest BCUT2D eigenvalue weighted by atomic mass is 10.2. The quantitative estimate of drug-likeness (QED) is 0.795. The average molecular weight is 191 g/mol. The molecule has 1 aromatic heterocycles. The topological polar surface area (TPSA) is 29.9 Å². The van der Waals surface area contributed by atoms with Crippen LogP contribution in [0.4, 0.5) is 5.95 Å². The van der Waals surface area contributed by atoms with Crippen LogP contribution < -0.4 is 5.32 Å². The third kappa shape index (κ3) is 1.51. The number of imidazole rings is 1. The molecule has 14 heavy (non-hydrogen) atoms. The Morgan fingerprint density at radius 1 is 1.21 bits per heavy atom. The summed E-state index contributed by atoms with van der Waals surface area (Å²) in [5, 5.41) is 3.56. The molecular formula is C11H17N3. The number of aromatic nitrogens is 2. The molecule has 2 aliphatic carbocycles. The van der Waals surface area contributed by atoms with E-state index in [-0.39, 0.29) is 0 Å². The van der Waals surface area contributed by atoms with Crippen molar-refractivity contribution in [2.24, 2.45) is 0 Å². The molecule has 76 valence electrons. The number of hydrogen-bond donors (Lipinski definition) is 1. The Balaban J connectivity index is 1.71. The van der Waals surface area contributed by atoms with E-state index >= 15 is 0 Å². The maximum atomic E-state index is 4.39. The van der Waals surface area contributed by atoms with Gasteiger partial charge in [0.15, 0.2) is 0 Å². The molecule has 0 saturated heterocycles. The minimum Gasteiger partial charge on any atom is -0.353 e. The van der Waals surface area contributed by atoms with Crippen LogP contribution in [0.15, 0.2) is 12.4 Å². The summed E-state index contributed by atoms with van der Waals surface area (Å²) in [6.45, 7) is 0. The van der Waals surface area contributed by atoms with Crippen LogP contribution in [0.3, 0.4) is 0 Å². The highest BCUT2D eigenvalue weighted by atomic mass is 15.2. The van der Waals surface area contributed by atoms with Gasteiger partial charge in [-0.2, -0.15) is 0 Å². The number of hydrogen-bond acceptors (Lipinski definition) is 2. The standard InChI is InChI=1S/C11H17N3/c1-2-4-9(3-1)13-11-12-7-8-14(11)10-5-6-10/h7-10H,1-6H2,(H,12,13). The van der Waals surface area contributed by atoms with Gasteiger partial charge in [0.1, 0.15) is 0 Å². The molecule has 0 aliphatic heterocycles. The SMILES string of the molecule is c1cn(C2CC2)c(NC2CCCC2)n1. The van der Waals surface area contributed by atoms with Crippen LogP contribution in [0.1, 0.15) is 44.6 Å². The summed E-state index contributed by atoms with van der Waals surface area (Å²) in [5.74, 6) is 1.10. The van der Waals surface area contributed by atoms with Gasteiger partial charge in [0.25, 0.3) is 0 Å². The van der Waals surface area contributed by atoms with Crippen molar-refractivity contribution in [3.05, 3.63) is 12.4 Å². The Morgan fingerprint density at radius 3 is 2.71 bits per heavy atom. The fraction of sp³-hybridized carbons (Fsp3) is 0.727. The summed E-state index contributed by atoms with van der Waals surface area (Å²) >= 11 is 0. The molecule has 2 fully saturated rings. The van der Waals surface area contributed by atoms with Crippen molar-refractivity contribution in [2.75, 3.05) is 5.32 Å². The van der Waals surface area contributed by atoms with Gasteiger partial charge in [-0.3, -0.25) is 0 Å². The molecule has 0 atom stereocenters. The second-order valence-electron chi connectivity index (χ2n) is 4.52. The van der Waals surface area contributed by atoms with E-state index in [1.54, 1.807) is 0 Å². The maximum absolute atomic E-state index is 4.39. The number of nitrogens with zero attached hydrogens (tertiary/aromatic N) is 2. The van der Waals surface area contributed by atoms with E-state index < -0.39 is 0 Å². The molecule has 3 nitrogen and oxygen atoms in total. The lowest BCUT2D eigenvalue weighted by Crippen LogP contribution is -2.17. The van der Waals surface area contributed by atoms with Crippen molar-refractivity contribution in [2.45, 2.75) is 50.6 Å². The van der Waals surface area contributed by atoms with Crippen LogP contribution in [0.5, 0.6) is 0 Å². The molecule has 3 rings (SSSR count). The Morgan fingerprint density at radius 2 is 2.00 bits per heavy atom. The Labute approximate surface area is 84.5 Å². The lowest BCUT2D eigenvalue weighted by molar-refractivity contribution is 0.697. The Hall–Kier alpha value is -0.990. The molecule has 2 aliphatic rings. The van der Waals surface area contributed by atoms with Gasteiger partial charge in [0.2, 0.25) is 5.95 Å². The molecule has 0 amide bonds. The molecule has 0 radical (unpaired) electrons. The molecule has 2 saturated carbocycles. The van der Waals surface area contributed by atoms with Crippen LogP contribution in [0, 0.1) is 0 Å². The normalized spacial score (nSPS) is 22.9. The zero-order valence-corrected chi connectivity index (χ0v) is 8.45. The molecule has 0 unspecified atom stereocenters. The molecule has 0 spiro atoms. The van der Waals surface area contributed by atoms with Gasteiger partial charge >= 0.3 is 0 Å². The Bertz CT molecular complexity index is 308. The molecule has 1 aromatic rings. The van der Waals surface area contributed by atoms with Crippen LogP contribution in [0.25, 0.3) is 0 Å².